The highest BCUT2D eigenvalue weighted by atomic mass is 19.1. The van der Waals surface area contributed by atoms with E-state index in [1.54, 1.807) is 0 Å². The number of benzene rings is 3. The van der Waals surface area contributed by atoms with Crippen LogP contribution in [-0.4, -0.2) is 0 Å². The minimum absolute atomic E-state index is 0.174. The van der Waals surface area contributed by atoms with E-state index >= 15 is 8.78 Å². The fourth-order valence-electron chi connectivity index (χ4n) is 5.08. The molecule has 31 heavy (non-hydrogen) atoms. The van der Waals surface area contributed by atoms with Crippen LogP contribution in [0.15, 0.2) is 52.9 Å². The molecule has 1 aromatic heterocycles. The summed E-state index contributed by atoms with van der Waals surface area (Å²) < 4.78 is 36.3. The first kappa shape index (κ1) is 20.2. The lowest BCUT2D eigenvalue weighted by atomic mass is 9.95. The van der Waals surface area contributed by atoms with Crippen molar-refractivity contribution >= 4 is 21.9 Å². The van der Waals surface area contributed by atoms with Crippen LogP contribution in [0.4, 0.5) is 8.78 Å². The van der Waals surface area contributed by atoms with Crippen molar-refractivity contribution in [2.24, 2.45) is 0 Å². The molecule has 1 heterocycles. The second-order valence-electron chi connectivity index (χ2n) is 8.91. The van der Waals surface area contributed by atoms with Crippen molar-refractivity contribution in [1.29, 1.82) is 0 Å². The zero-order valence-corrected chi connectivity index (χ0v) is 18.0. The van der Waals surface area contributed by atoms with E-state index in [4.69, 9.17) is 4.42 Å². The van der Waals surface area contributed by atoms with E-state index in [1.165, 1.54) is 11.1 Å². The molecule has 0 saturated heterocycles. The molecule has 5 rings (SSSR count). The van der Waals surface area contributed by atoms with E-state index in [9.17, 15) is 0 Å². The standard InChI is InChI=1S/C28H28F2O/c1-2-5-18-8-10-19(11-9-18)12-13-21-14-15-23-24-17-16-22(20-6-3-4-7-20)26(30)28(24)31-27(23)25(21)29/h8-11,14-17,20H,2-7,12-13H2,1H3. The summed E-state index contributed by atoms with van der Waals surface area (Å²) in [6.45, 7) is 2.17. The Hall–Kier alpha value is -2.68. The highest BCUT2D eigenvalue weighted by Gasteiger charge is 2.24. The van der Waals surface area contributed by atoms with Crippen molar-refractivity contribution in [3.05, 3.63) is 82.4 Å². The van der Waals surface area contributed by atoms with E-state index in [0.717, 1.165) is 50.5 Å². The SMILES string of the molecule is CCCc1ccc(CCc2ccc3c(oc4c(F)c(C5CCCC5)ccc43)c2F)cc1. The van der Waals surface area contributed by atoms with Crippen LogP contribution >= 0.6 is 0 Å². The normalized spacial score (nSPS) is 14.8. The Morgan fingerprint density at radius 1 is 0.742 bits per heavy atom. The van der Waals surface area contributed by atoms with Gasteiger partial charge in [-0.05, 0) is 72.4 Å². The Kier molecular flexibility index (Phi) is 5.52. The van der Waals surface area contributed by atoms with Gasteiger partial charge in [-0.15, -0.1) is 0 Å². The third-order valence-corrected chi connectivity index (χ3v) is 6.84. The predicted octanol–water partition coefficient (Wildman–Crippen LogP) is 8.26. The van der Waals surface area contributed by atoms with E-state index in [-0.39, 0.29) is 28.7 Å². The zero-order valence-electron chi connectivity index (χ0n) is 18.0. The molecule has 1 saturated carbocycles. The van der Waals surface area contributed by atoms with Gasteiger partial charge >= 0.3 is 0 Å². The first-order chi connectivity index (χ1) is 15.2. The highest BCUT2D eigenvalue weighted by Crippen LogP contribution is 2.40. The summed E-state index contributed by atoms with van der Waals surface area (Å²) in [4.78, 5) is 0. The molecule has 160 valence electrons. The Labute approximate surface area is 182 Å². The summed E-state index contributed by atoms with van der Waals surface area (Å²) in [7, 11) is 0. The Morgan fingerprint density at radius 3 is 2.03 bits per heavy atom. The number of hydrogen-bond donors (Lipinski definition) is 0. The second-order valence-corrected chi connectivity index (χ2v) is 8.91. The Morgan fingerprint density at radius 2 is 1.35 bits per heavy atom. The smallest absolute Gasteiger partial charge is 0.171 e. The minimum Gasteiger partial charge on any atom is -0.450 e. The van der Waals surface area contributed by atoms with Gasteiger partial charge in [0.05, 0.1) is 0 Å². The topological polar surface area (TPSA) is 13.1 Å². The van der Waals surface area contributed by atoms with Gasteiger partial charge in [0.15, 0.2) is 22.8 Å². The van der Waals surface area contributed by atoms with Crippen LogP contribution in [0.2, 0.25) is 0 Å². The van der Waals surface area contributed by atoms with Crippen LogP contribution in [0.5, 0.6) is 0 Å². The molecule has 3 aromatic carbocycles. The summed E-state index contributed by atoms with van der Waals surface area (Å²) in [5, 5.41) is 1.31. The van der Waals surface area contributed by atoms with Crippen molar-refractivity contribution in [2.75, 3.05) is 0 Å². The number of furan rings is 1. The molecule has 3 heteroatoms. The van der Waals surface area contributed by atoms with Crippen molar-refractivity contribution in [3.8, 4) is 0 Å². The van der Waals surface area contributed by atoms with Crippen molar-refractivity contribution < 1.29 is 13.2 Å². The van der Waals surface area contributed by atoms with Crippen LogP contribution < -0.4 is 0 Å². The third kappa shape index (κ3) is 3.75. The van der Waals surface area contributed by atoms with Crippen LogP contribution in [0.3, 0.4) is 0 Å². The maximum atomic E-state index is 15.3. The largest absolute Gasteiger partial charge is 0.450 e. The molecule has 1 nitrogen and oxygen atoms in total. The summed E-state index contributed by atoms with van der Waals surface area (Å²) in [6, 6.07) is 16.0. The molecular formula is C28H28F2O. The fourth-order valence-corrected chi connectivity index (χ4v) is 5.08. The second kappa shape index (κ2) is 8.45. The van der Waals surface area contributed by atoms with Gasteiger partial charge in [-0.1, -0.05) is 62.6 Å². The summed E-state index contributed by atoms with van der Waals surface area (Å²) in [6.07, 6.45) is 7.86. The van der Waals surface area contributed by atoms with E-state index in [2.05, 4.69) is 31.2 Å². The van der Waals surface area contributed by atoms with Crippen molar-refractivity contribution in [1.82, 2.24) is 0 Å². The highest BCUT2D eigenvalue weighted by molar-refractivity contribution is 6.05. The fraction of sp³-hybridized carbons (Fsp3) is 0.357. The molecule has 1 aliphatic rings. The third-order valence-electron chi connectivity index (χ3n) is 6.84. The lowest BCUT2D eigenvalue weighted by Gasteiger charge is -2.10. The average Bonchev–Trinajstić information content (AvgIpc) is 3.44. The number of aryl methyl sites for hydroxylation is 3. The lowest BCUT2D eigenvalue weighted by molar-refractivity contribution is 0.538. The summed E-state index contributed by atoms with van der Waals surface area (Å²) in [5.41, 5.74) is 4.23. The lowest BCUT2D eigenvalue weighted by Crippen LogP contribution is -1.96. The zero-order chi connectivity index (χ0) is 21.4. The van der Waals surface area contributed by atoms with Crippen LogP contribution in [-0.2, 0) is 19.3 Å². The Balaban J connectivity index is 1.44. The molecule has 1 fully saturated rings. The average molecular weight is 419 g/mol. The number of fused-ring (bicyclic) bond motifs is 3. The number of hydrogen-bond acceptors (Lipinski definition) is 1. The summed E-state index contributed by atoms with van der Waals surface area (Å²) in [5.74, 6) is -0.423. The van der Waals surface area contributed by atoms with Gasteiger partial charge in [0.2, 0.25) is 0 Å². The van der Waals surface area contributed by atoms with Gasteiger partial charge in [0, 0.05) is 10.8 Å². The van der Waals surface area contributed by atoms with Crippen molar-refractivity contribution in [2.45, 2.75) is 64.2 Å². The van der Waals surface area contributed by atoms with Gasteiger partial charge in [0.25, 0.3) is 0 Å². The van der Waals surface area contributed by atoms with Gasteiger partial charge in [-0.3, -0.25) is 0 Å². The molecule has 0 bridgehead atoms. The molecule has 0 spiro atoms. The van der Waals surface area contributed by atoms with E-state index in [1.807, 2.05) is 24.3 Å². The maximum absolute atomic E-state index is 15.3. The summed E-state index contributed by atoms with van der Waals surface area (Å²) >= 11 is 0. The van der Waals surface area contributed by atoms with Gasteiger partial charge in [-0.25, -0.2) is 8.78 Å². The number of rotatable bonds is 6. The molecule has 4 aromatic rings. The molecule has 0 unspecified atom stereocenters. The Bertz CT molecular complexity index is 1210. The van der Waals surface area contributed by atoms with E-state index < -0.39 is 0 Å². The molecule has 1 aliphatic carbocycles. The molecule has 0 amide bonds. The van der Waals surface area contributed by atoms with Gasteiger partial charge < -0.3 is 4.42 Å². The first-order valence-electron chi connectivity index (χ1n) is 11.6. The quantitative estimate of drug-likeness (QED) is 0.307. The van der Waals surface area contributed by atoms with Crippen LogP contribution in [0.1, 0.15) is 67.2 Å². The van der Waals surface area contributed by atoms with Gasteiger partial charge in [-0.2, -0.15) is 0 Å². The molecule has 0 N–H and O–H groups in total. The van der Waals surface area contributed by atoms with Crippen LogP contribution in [0, 0.1) is 11.6 Å². The first-order valence-corrected chi connectivity index (χ1v) is 11.6. The van der Waals surface area contributed by atoms with E-state index in [0.29, 0.717) is 22.8 Å². The van der Waals surface area contributed by atoms with Crippen LogP contribution in [0.25, 0.3) is 21.9 Å². The maximum Gasteiger partial charge on any atom is 0.171 e. The van der Waals surface area contributed by atoms with Crippen molar-refractivity contribution in [3.63, 3.8) is 0 Å². The molecular weight excluding hydrogens is 390 g/mol. The minimum atomic E-state index is -0.363. The molecule has 0 radical (unpaired) electrons. The predicted molar refractivity (Wildman–Crippen MR) is 123 cm³/mol. The molecule has 0 atom stereocenters. The monoisotopic (exact) mass is 418 g/mol. The molecule has 0 aliphatic heterocycles. The van der Waals surface area contributed by atoms with Gasteiger partial charge in [0.1, 0.15) is 0 Å². The number of halogens is 2.